The van der Waals surface area contributed by atoms with E-state index in [1.807, 2.05) is 47.4 Å². The second-order valence-corrected chi connectivity index (χ2v) is 8.46. The molecular formula is C28H30N2O4. The largest absolute Gasteiger partial charge is 0.497 e. The van der Waals surface area contributed by atoms with Crippen molar-refractivity contribution in [2.24, 2.45) is 0 Å². The average molecular weight is 459 g/mol. The molecule has 1 aliphatic rings. The molecule has 3 aromatic carbocycles. The van der Waals surface area contributed by atoms with Gasteiger partial charge in [0.1, 0.15) is 18.0 Å². The van der Waals surface area contributed by atoms with Gasteiger partial charge in [-0.15, -0.1) is 0 Å². The van der Waals surface area contributed by atoms with E-state index in [4.69, 9.17) is 9.47 Å². The Morgan fingerprint density at radius 2 is 1.47 bits per heavy atom. The molecule has 0 aromatic heterocycles. The first-order valence-electron chi connectivity index (χ1n) is 11.5. The van der Waals surface area contributed by atoms with Crippen molar-refractivity contribution in [3.05, 3.63) is 95.6 Å². The summed E-state index contributed by atoms with van der Waals surface area (Å²) >= 11 is 0. The molecule has 3 aromatic rings. The molecule has 0 bridgehead atoms. The molecule has 1 heterocycles. The lowest BCUT2D eigenvalue weighted by Crippen LogP contribution is -2.57. The summed E-state index contributed by atoms with van der Waals surface area (Å²) in [5, 5.41) is 0. The van der Waals surface area contributed by atoms with Crippen LogP contribution in [0.5, 0.6) is 11.5 Å². The van der Waals surface area contributed by atoms with Gasteiger partial charge in [-0.25, -0.2) is 0 Å². The standard InChI is InChI=1S/C28H30N2O4/c1-33-25-14-9-22(10-15-25)18-30-24(13-8-21-6-4-3-5-7-21)19-29(20-27(30)31)28(32)23-11-16-26(34-2)17-12-23/h3-7,9-12,14-17,24H,8,13,18-20H2,1-2H3/t24-/m0/s1. The fourth-order valence-electron chi connectivity index (χ4n) is 4.32. The maximum absolute atomic E-state index is 13.3. The van der Waals surface area contributed by atoms with E-state index >= 15 is 0 Å². The van der Waals surface area contributed by atoms with E-state index < -0.39 is 0 Å². The van der Waals surface area contributed by atoms with Crippen molar-refractivity contribution in [2.45, 2.75) is 25.4 Å². The zero-order valence-corrected chi connectivity index (χ0v) is 19.6. The molecule has 2 amide bonds. The molecular weight excluding hydrogens is 428 g/mol. The van der Waals surface area contributed by atoms with E-state index in [9.17, 15) is 9.59 Å². The molecule has 6 heteroatoms. The molecule has 0 aliphatic carbocycles. The Morgan fingerprint density at radius 3 is 2.09 bits per heavy atom. The number of piperazine rings is 1. The number of carbonyl (C=O) groups excluding carboxylic acids is 2. The van der Waals surface area contributed by atoms with Crippen molar-refractivity contribution in [1.29, 1.82) is 0 Å². The summed E-state index contributed by atoms with van der Waals surface area (Å²) in [6, 6.07) is 25.0. The van der Waals surface area contributed by atoms with Gasteiger partial charge in [0.15, 0.2) is 0 Å². The van der Waals surface area contributed by atoms with Crippen molar-refractivity contribution in [2.75, 3.05) is 27.3 Å². The van der Waals surface area contributed by atoms with Crippen molar-refractivity contribution in [3.63, 3.8) is 0 Å². The molecule has 1 saturated heterocycles. The molecule has 1 fully saturated rings. The number of aryl methyl sites for hydroxylation is 1. The van der Waals surface area contributed by atoms with E-state index in [2.05, 4.69) is 12.1 Å². The quantitative estimate of drug-likeness (QED) is 0.508. The lowest BCUT2D eigenvalue weighted by molar-refractivity contribution is -0.139. The van der Waals surface area contributed by atoms with Gasteiger partial charge in [-0.3, -0.25) is 9.59 Å². The molecule has 0 spiro atoms. The van der Waals surface area contributed by atoms with Crippen LogP contribution in [0, 0.1) is 0 Å². The highest BCUT2D eigenvalue weighted by Crippen LogP contribution is 2.23. The van der Waals surface area contributed by atoms with Gasteiger partial charge in [0.2, 0.25) is 5.91 Å². The Labute approximate surface area is 200 Å². The number of nitrogens with zero attached hydrogens (tertiary/aromatic N) is 2. The normalized spacial score (nSPS) is 15.8. The van der Waals surface area contributed by atoms with Crippen LogP contribution in [0.4, 0.5) is 0 Å². The third-order valence-corrected chi connectivity index (χ3v) is 6.26. The Hall–Kier alpha value is -3.80. The predicted molar refractivity (Wildman–Crippen MR) is 131 cm³/mol. The average Bonchev–Trinajstić information content (AvgIpc) is 2.89. The van der Waals surface area contributed by atoms with Crippen LogP contribution in [-0.2, 0) is 17.8 Å². The Morgan fingerprint density at radius 1 is 0.853 bits per heavy atom. The van der Waals surface area contributed by atoms with Crippen LogP contribution < -0.4 is 9.47 Å². The highest BCUT2D eigenvalue weighted by atomic mass is 16.5. The number of ether oxygens (including phenoxy) is 2. The minimum absolute atomic E-state index is 0.0398. The molecule has 4 rings (SSSR count). The van der Waals surface area contributed by atoms with Crippen LogP contribution in [-0.4, -0.2) is 55.0 Å². The molecule has 34 heavy (non-hydrogen) atoms. The number of hydrogen-bond acceptors (Lipinski definition) is 4. The Bertz CT molecular complexity index is 1100. The summed E-state index contributed by atoms with van der Waals surface area (Å²) in [6.45, 7) is 1.08. The third-order valence-electron chi connectivity index (χ3n) is 6.26. The van der Waals surface area contributed by atoms with Crippen molar-refractivity contribution in [3.8, 4) is 11.5 Å². The van der Waals surface area contributed by atoms with Gasteiger partial charge < -0.3 is 19.3 Å². The molecule has 0 saturated carbocycles. The Kier molecular flexibility index (Phi) is 7.48. The van der Waals surface area contributed by atoms with E-state index in [0.717, 1.165) is 24.2 Å². The van der Waals surface area contributed by atoms with Crippen LogP contribution in [0.3, 0.4) is 0 Å². The van der Waals surface area contributed by atoms with E-state index in [1.54, 1.807) is 43.4 Å². The number of benzene rings is 3. The maximum Gasteiger partial charge on any atom is 0.254 e. The van der Waals surface area contributed by atoms with Crippen LogP contribution in [0.25, 0.3) is 0 Å². The lowest BCUT2D eigenvalue weighted by atomic mass is 10.00. The maximum atomic E-state index is 13.3. The summed E-state index contributed by atoms with van der Waals surface area (Å²) in [6.07, 6.45) is 1.61. The van der Waals surface area contributed by atoms with Crippen molar-refractivity contribution < 1.29 is 19.1 Å². The number of hydrogen-bond donors (Lipinski definition) is 0. The van der Waals surface area contributed by atoms with Crippen LogP contribution in [0.1, 0.15) is 27.9 Å². The summed E-state index contributed by atoms with van der Waals surface area (Å²) in [7, 11) is 3.23. The zero-order valence-electron chi connectivity index (χ0n) is 19.6. The fraction of sp³-hybridized carbons (Fsp3) is 0.286. The SMILES string of the molecule is COc1ccc(CN2C(=O)CN(C(=O)c3ccc(OC)cc3)C[C@@H]2CCc2ccccc2)cc1. The first kappa shape index (κ1) is 23.4. The zero-order chi connectivity index (χ0) is 23.9. The molecule has 1 aliphatic heterocycles. The van der Waals surface area contributed by atoms with Crippen molar-refractivity contribution in [1.82, 2.24) is 9.80 Å². The minimum atomic E-state index is -0.134. The molecule has 0 radical (unpaired) electrons. The first-order valence-corrected chi connectivity index (χ1v) is 11.5. The molecule has 6 nitrogen and oxygen atoms in total. The lowest BCUT2D eigenvalue weighted by Gasteiger charge is -2.41. The topological polar surface area (TPSA) is 59.1 Å². The molecule has 1 atom stereocenters. The summed E-state index contributed by atoms with van der Waals surface area (Å²) in [4.78, 5) is 30.1. The summed E-state index contributed by atoms with van der Waals surface area (Å²) in [5.74, 6) is 1.30. The van der Waals surface area contributed by atoms with Gasteiger partial charge in [-0.05, 0) is 60.4 Å². The monoisotopic (exact) mass is 458 g/mol. The van der Waals surface area contributed by atoms with Crippen LogP contribution >= 0.6 is 0 Å². The van der Waals surface area contributed by atoms with Gasteiger partial charge in [0.25, 0.3) is 5.91 Å². The first-order chi connectivity index (χ1) is 16.6. The van der Waals surface area contributed by atoms with Crippen LogP contribution in [0.2, 0.25) is 0 Å². The smallest absolute Gasteiger partial charge is 0.254 e. The van der Waals surface area contributed by atoms with Gasteiger partial charge >= 0.3 is 0 Å². The van der Waals surface area contributed by atoms with Crippen LogP contribution in [0.15, 0.2) is 78.9 Å². The van der Waals surface area contributed by atoms with Gasteiger partial charge in [0.05, 0.1) is 20.3 Å². The number of rotatable bonds is 8. The molecule has 176 valence electrons. The van der Waals surface area contributed by atoms with Crippen molar-refractivity contribution >= 4 is 11.8 Å². The van der Waals surface area contributed by atoms with Gasteiger partial charge in [0, 0.05) is 18.7 Å². The number of amides is 2. The van der Waals surface area contributed by atoms with E-state index in [-0.39, 0.29) is 24.4 Å². The second-order valence-electron chi connectivity index (χ2n) is 8.46. The molecule has 0 N–H and O–H groups in total. The number of methoxy groups -OCH3 is 2. The van der Waals surface area contributed by atoms with E-state index in [0.29, 0.717) is 24.4 Å². The highest BCUT2D eigenvalue weighted by molar-refractivity contribution is 5.97. The molecule has 0 unspecified atom stereocenters. The fourth-order valence-corrected chi connectivity index (χ4v) is 4.32. The second kappa shape index (κ2) is 10.9. The third kappa shape index (κ3) is 5.57. The predicted octanol–water partition coefficient (Wildman–Crippen LogP) is 4.19. The number of carbonyl (C=O) groups is 2. The Balaban J connectivity index is 1.52. The van der Waals surface area contributed by atoms with Gasteiger partial charge in [-0.2, -0.15) is 0 Å². The minimum Gasteiger partial charge on any atom is -0.497 e. The summed E-state index contributed by atoms with van der Waals surface area (Å²) < 4.78 is 10.4. The summed E-state index contributed by atoms with van der Waals surface area (Å²) in [5.41, 5.74) is 2.81. The highest BCUT2D eigenvalue weighted by Gasteiger charge is 2.34. The van der Waals surface area contributed by atoms with Gasteiger partial charge in [-0.1, -0.05) is 42.5 Å². The van der Waals surface area contributed by atoms with E-state index in [1.165, 1.54) is 5.56 Å².